The van der Waals surface area contributed by atoms with Crippen LogP contribution in [0.1, 0.15) is 191 Å². The van der Waals surface area contributed by atoms with Crippen molar-refractivity contribution in [2.24, 2.45) is 39.4 Å². The molecule has 15 nitrogen and oxygen atoms in total. The highest BCUT2D eigenvalue weighted by atomic mass is 32.2. The molecule has 0 saturated heterocycles. The third-order valence-electron chi connectivity index (χ3n) is 16.8. The zero-order valence-corrected chi connectivity index (χ0v) is 54.1. The molecular formula is C67H99F3O15S2. The van der Waals surface area contributed by atoms with Crippen molar-refractivity contribution < 1.29 is 83.7 Å². The third-order valence-corrected chi connectivity index (χ3v) is 19.7. The van der Waals surface area contributed by atoms with E-state index in [4.69, 9.17) is 14.6 Å². The minimum atomic E-state index is -4.64. The number of carboxylic acids is 1. The average Bonchev–Trinajstić information content (AvgIpc) is 1.22. The standard InChI is InChI=1S/C19H17S.C16H30O2.C15H22O7S.C10H15F3O4.C6H12O2.CH4/c1-16-12-14-19(15-13-16)20(17-8-4-2-5-9-17)18-10-6-3-7-11-18;1-5-15(3,4)14(17)18-16(6-2)12-10-8-7-9-11-13-16;16-13(9-23(18,19)20)21-1-2-22-14(17)15-6-10-3-11(7-15)5-12(4-10)8-15;1-4-9(2,3)8(15)16-5-7(14)17-6-10(11,12)13;1-4-6(2,3)5(7)8;/h2-15H,1H3;5-13H2,1-4H3;10-12H,1-9H2,(H,18,19,20);4-6H2,1-3H3;4H2,1-3H3,(H,7,8);1H4/q+1;;;;;/p-1. The van der Waals surface area contributed by atoms with Crippen LogP contribution in [0.15, 0.2) is 99.6 Å². The van der Waals surface area contributed by atoms with E-state index in [2.05, 4.69) is 120 Å². The van der Waals surface area contributed by atoms with E-state index in [1.807, 2.05) is 20.8 Å². The lowest BCUT2D eigenvalue weighted by atomic mass is 9.49. The van der Waals surface area contributed by atoms with Crippen LogP contribution in [0.3, 0.4) is 0 Å². The van der Waals surface area contributed by atoms with Gasteiger partial charge < -0.3 is 33.3 Å². The molecule has 5 aliphatic rings. The normalized spacial score (nSPS) is 19.5. The van der Waals surface area contributed by atoms with Gasteiger partial charge in [-0.1, -0.05) is 108 Å². The Morgan fingerprint density at radius 3 is 1.43 bits per heavy atom. The number of aryl methyl sites for hydroxylation is 1. The fourth-order valence-electron chi connectivity index (χ4n) is 10.6. The van der Waals surface area contributed by atoms with Gasteiger partial charge in [-0.3, -0.25) is 24.0 Å². The molecule has 8 rings (SSSR count). The summed E-state index contributed by atoms with van der Waals surface area (Å²) in [7, 11) is -4.66. The number of esters is 5. The summed E-state index contributed by atoms with van der Waals surface area (Å²) < 4.78 is 90.5. The van der Waals surface area contributed by atoms with E-state index in [1.54, 1.807) is 34.6 Å². The topological polar surface area (TPSA) is 226 Å². The van der Waals surface area contributed by atoms with E-state index in [0.29, 0.717) is 30.6 Å². The second-order valence-corrected chi connectivity index (χ2v) is 28.5. The molecular weight excluding hydrogens is 1170 g/mol. The van der Waals surface area contributed by atoms with Crippen molar-refractivity contribution in [2.75, 3.05) is 32.2 Å². The van der Waals surface area contributed by atoms with Crippen molar-refractivity contribution in [3.05, 3.63) is 90.5 Å². The van der Waals surface area contributed by atoms with Crippen LogP contribution in [-0.4, -0.2) is 97.9 Å². The minimum absolute atomic E-state index is 0. The number of carbonyl (C=O) groups is 6. The molecule has 0 spiro atoms. The number of alkyl halides is 3. The summed E-state index contributed by atoms with van der Waals surface area (Å²) in [5.41, 5.74) is -0.894. The van der Waals surface area contributed by atoms with Crippen LogP contribution in [0.2, 0.25) is 0 Å². The first-order valence-electron chi connectivity index (χ1n) is 30.2. The summed E-state index contributed by atoms with van der Waals surface area (Å²) in [4.78, 5) is 72.4. The van der Waals surface area contributed by atoms with E-state index in [-0.39, 0.29) is 59.9 Å². The monoisotopic (exact) mass is 1260 g/mol. The predicted octanol–water partition coefficient (Wildman–Crippen LogP) is 15.0. The number of ether oxygens (including phenoxy) is 5. The Morgan fingerprint density at radius 1 is 0.598 bits per heavy atom. The number of hydrogen-bond donors (Lipinski definition) is 1. The van der Waals surface area contributed by atoms with Gasteiger partial charge in [-0.15, -0.1) is 0 Å². The Labute approximate surface area is 519 Å². The lowest BCUT2D eigenvalue weighted by molar-refractivity contribution is -0.190. The summed E-state index contributed by atoms with van der Waals surface area (Å²) in [6.45, 7) is 17.8. The van der Waals surface area contributed by atoms with Crippen molar-refractivity contribution in [3.63, 3.8) is 0 Å². The quantitative estimate of drug-likeness (QED) is 0.0365. The maximum Gasteiger partial charge on any atom is 0.422 e. The van der Waals surface area contributed by atoms with E-state index >= 15 is 0 Å². The highest BCUT2D eigenvalue weighted by molar-refractivity contribution is 7.97. The lowest BCUT2D eigenvalue weighted by Gasteiger charge is -2.55. The predicted molar refractivity (Wildman–Crippen MR) is 329 cm³/mol. The van der Waals surface area contributed by atoms with Crippen LogP contribution in [0.5, 0.6) is 0 Å². The molecule has 87 heavy (non-hydrogen) atoms. The summed E-state index contributed by atoms with van der Waals surface area (Å²) >= 11 is 0. The first-order chi connectivity index (χ1) is 40.1. The van der Waals surface area contributed by atoms with Gasteiger partial charge in [-0.25, -0.2) is 13.2 Å². The van der Waals surface area contributed by atoms with Crippen LogP contribution in [0.25, 0.3) is 0 Å². The smallest absolute Gasteiger partial charge is 0.422 e. The van der Waals surface area contributed by atoms with Crippen molar-refractivity contribution in [3.8, 4) is 0 Å². The highest BCUT2D eigenvalue weighted by Gasteiger charge is 2.55. The molecule has 20 heteroatoms. The van der Waals surface area contributed by atoms with E-state index in [0.717, 1.165) is 44.9 Å². The summed E-state index contributed by atoms with van der Waals surface area (Å²) in [6, 6.07) is 30.4. The van der Waals surface area contributed by atoms with Gasteiger partial charge >= 0.3 is 42.0 Å². The van der Waals surface area contributed by atoms with Gasteiger partial charge in [0.05, 0.1) is 32.6 Å². The fourth-order valence-corrected chi connectivity index (χ4v) is 13.0. The van der Waals surface area contributed by atoms with Crippen LogP contribution in [-0.2, 0) is 73.5 Å². The molecule has 0 heterocycles. The molecule has 0 aliphatic heterocycles. The fraction of sp³-hybridized carbons (Fsp3) is 0.642. The van der Waals surface area contributed by atoms with Gasteiger partial charge in [0.15, 0.2) is 27.9 Å². The van der Waals surface area contributed by atoms with Gasteiger partial charge in [-0.05, 0) is 193 Å². The Balaban J connectivity index is 0.000000380. The zero-order valence-electron chi connectivity index (χ0n) is 52.5. The SMILES string of the molecule is C.CCC(C)(C)C(=O)O.CCC(C)(C)C(=O)OCC(=O)OCC(F)(F)F.CCC1(OC(=O)C(C)(C)CC)CCCCCCC1.Cc1ccc([S+](c2ccccc2)c2ccccc2)cc1.O=C(CS(=O)(=O)[O-])OCCOC(=O)C12CC3CC(CC(C3)C1)C2. The number of carbonyl (C=O) groups excluding carboxylic acids is 5. The largest absolute Gasteiger partial charge is 0.748 e. The zero-order chi connectivity index (χ0) is 64.6. The molecule has 0 aromatic heterocycles. The number of halogens is 3. The number of rotatable bonds is 20. The van der Waals surface area contributed by atoms with Gasteiger partial charge in [0, 0.05) is 0 Å². The van der Waals surface area contributed by atoms with Crippen LogP contribution in [0.4, 0.5) is 13.2 Å². The Bertz CT molecular complexity index is 2630. The van der Waals surface area contributed by atoms with Crippen molar-refractivity contribution in [1.82, 2.24) is 0 Å². The molecule has 3 aromatic carbocycles. The molecule has 0 radical (unpaired) electrons. The highest BCUT2D eigenvalue weighted by Crippen LogP contribution is 2.60. The molecule has 0 amide bonds. The molecule has 1 N–H and O–H groups in total. The number of carboxylic acid groups (broad SMARTS) is 1. The molecule has 5 fully saturated rings. The van der Waals surface area contributed by atoms with Crippen molar-refractivity contribution >= 4 is 56.8 Å². The van der Waals surface area contributed by atoms with Crippen molar-refractivity contribution in [2.45, 2.75) is 219 Å². The number of benzene rings is 3. The van der Waals surface area contributed by atoms with E-state index in [9.17, 15) is 54.9 Å². The van der Waals surface area contributed by atoms with Crippen LogP contribution in [0, 0.1) is 46.3 Å². The number of aliphatic carboxylic acids is 1. The Morgan fingerprint density at radius 2 is 1.02 bits per heavy atom. The van der Waals surface area contributed by atoms with Crippen molar-refractivity contribution in [1.29, 1.82) is 0 Å². The average molecular weight is 1270 g/mol. The summed E-state index contributed by atoms with van der Waals surface area (Å²) in [6.07, 6.45) is 13.2. The minimum Gasteiger partial charge on any atom is -0.748 e. The molecule has 490 valence electrons. The lowest BCUT2D eigenvalue weighted by Crippen LogP contribution is -2.50. The molecule has 0 unspecified atom stereocenters. The first-order valence-corrected chi connectivity index (χ1v) is 33.0. The second kappa shape index (κ2) is 35.7. The Kier molecular flexibility index (Phi) is 31.8. The second-order valence-electron chi connectivity index (χ2n) is 25.1. The van der Waals surface area contributed by atoms with Crippen LogP contribution < -0.4 is 0 Å². The maximum absolute atomic E-state index is 12.5. The first kappa shape index (κ1) is 77.6. The van der Waals surface area contributed by atoms with Gasteiger partial charge in [0.1, 0.15) is 34.7 Å². The molecule has 5 saturated carbocycles. The van der Waals surface area contributed by atoms with E-state index < -0.39 is 70.0 Å². The number of hydrogen-bond acceptors (Lipinski definition) is 14. The van der Waals surface area contributed by atoms with E-state index in [1.165, 1.54) is 71.6 Å². The molecule has 3 aromatic rings. The summed E-state index contributed by atoms with van der Waals surface area (Å²) in [5, 5.41) is 8.44. The molecule has 5 aliphatic carbocycles. The third kappa shape index (κ3) is 27.0. The van der Waals surface area contributed by atoms with Gasteiger partial charge in [-0.2, -0.15) is 13.2 Å². The molecule has 4 bridgehead atoms. The van der Waals surface area contributed by atoms with Gasteiger partial charge in [0.2, 0.25) is 0 Å². The van der Waals surface area contributed by atoms with Gasteiger partial charge in [0.25, 0.3) is 0 Å². The van der Waals surface area contributed by atoms with Crippen LogP contribution >= 0.6 is 0 Å². The molecule has 0 atom stereocenters. The maximum atomic E-state index is 12.5. The Hall–Kier alpha value is -5.47. The summed E-state index contributed by atoms with van der Waals surface area (Å²) in [5.74, 6) is -3.23.